The van der Waals surface area contributed by atoms with Gasteiger partial charge in [-0.25, -0.2) is 13.6 Å². The summed E-state index contributed by atoms with van der Waals surface area (Å²) in [6, 6.07) is 2.52. The van der Waals surface area contributed by atoms with Gasteiger partial charge in [0.15, 0.2) is 0 Å². The topological polar surface area (TPSA) is 89.3 Å². The predicted molar refractivity (Wildman–Crippen MR) is 86.9 cm³/mol. The van der Waals surface area contributed by atoms with Crippen LogP contribution >= 0.6 is 27.5 Å². The van der Waals surface area contributed by atoms with Gasteiger partial charge in [0.1, 0.15) is 0 Å². The van der Waals surface area contributed by atoms with Gasteiger partial charge in [0.25, 0.3) is 5.91 Å². The third-order valence-corrected chi connectivity index (χ3v) is 4.92. The molecular weight excluding hydrogens is 380 g/mol. The van der Waals surface area contributed by atoms with E-state index in [1.54, 1.807) is 0 Å². The molecule has 0 spiro atoms. The second-order valence-corrected chi connectivity index (χ2v) is 8.67. The van der Waals surface area contributed by atoms with Crippen LogP contribution in [0.1, 0.15) is 37.6 Å². The monoisotopic (exact) mass is 396 g/mol. The molecule has 1 rings (SSSR count). The predicted octanol–water partition coefficient (Wildman–Crippen LogP) is 2.92. The third-order valence-electron chi connectivity index (χ3n) is 2.73. The highest BCUT2D eigenvalue weighted by Gasteiger charge is 2.20. The highest BCUT2D eigenvalue weighted by molar-refractivity contribution is 9.10. The van der Waals surface area contributed by atoms with E-state index in [4.69, 9.17) is 16.7 Å². The van der Waals surface area contributed by atoms with Gasteiger partial charge in [-0.2, -0.15) is 0 Å². The van der Waals surface area contributed by atoms with Crippen molar-refractivity contribution < 1.29 is 13.2 Å². The van der Waals surface area contributed by atoms with E-state index in [1.165, 1.54) is 12.1 Å². The molecule has 3 N–H and O–H groups in total. The van der Waals surface area contributed by atoms with E-state index >= 15 is 0 Å². The van der Waals surface area contributed by atoms with Crippen LogP contribution in [0.3, 0.4) is 0 Å². The van der Waals surface area contributed by atoms with E-state index in [0.717, 1.165) is 6.42 Å². The van der Waals surface area contributed by atoms with Crippen molar-refractivity contribution in [3.8, 4) is 0 Å². The summed E-state index contributed by atoms with van der Waals surface area (Å²) >= 11 is 9.06. The summed E-state index contributed by atoms with van der Waals surface area (Å²) in [5, 5.41) is 7.98. The van der Waals surface area contributed by atoms with E-state index in [2.05, 4.69) is 42.0 Å². The minimum atomic E-state index is -3.94. The van der Waals surface area contributed by atoms with Crippen LogP contribution in [-0.4, -0.2) is 20.9 Å². The van der Waals surface area contributed by atoms with Crippen LogP contribution in [0.2, 0.25) is 5.02 Å². The molecule has 0 bridgehead atoms. The van der Waals surface area contributed by atoms with Crippen LogP contribution < -0.4 is 10.5 Å². The maximum absolute atomic E-state index is 12.1. The van der Waals surface area contributed by atoms with Gasteiger partial charge >= 0.3 is 0 Å². The fourth-order valence-electron chi connectivity index (χ4n) is 1.57. The van der Waals surface area contributed by atoms with Crippen molar-refractivity contribution in [3.63, 3.8) is 0 Å². The van der Waals surface area contributed by atoms with Crippen LogP contribution in [-0.2, 0) is 10.0 Å². The van der Waals surface area contributed by atoms with Crippen molar-refractivity contribution in [1.29, 1.82) is 0 Å². The Hall–Kier alpha value is -0.630. The average Bonchev–Trinajstić information content (AvgIpc) is 2.24. The number of hydrogen-bond acceptors (Lipinski definition) is 3. The Kier molecular flexibility index (Phi) is 5.83. The Morgan fingerprint density at radius 2 is 1.95 bits per heavy atom. The van der Waals surface area contributed by atoms with Crippen molar-refractivity contribution >= 4 is 43.5 Å². The number of carbonyl (C=O) groups excluding carboxylic acids is 1. The summed E-state index contributed by atoms with van der Waals surface area (Å²) in [6.45, 7) is 6.65. The molecule has 1 aromatic rings. The maximum Gasteiger partial charge on any atom is 0.252 e. The largest absolute Gasteiger partial charge is 0.352 e. The summed E-state index contributed by atoms with van der Waals surface area (Å²) in [4.78, 5) is 11.9. The van der Waals surface area contributed by atoms with Crippen LogP contribution in [0.4, 0.5) is 0 Å². The molecule has 1 amide bonds. The molecule has 21 heavy (non-hydrogen) atoms. The first kappa shape index (κ1) is 18.4. The molecule has 0 heterocycles. The first-order chi connectivity index (χ1) is 9.42. The van der Waals surface area contributed by atoms with Gasteiger partial charge in [-0.1, -0.05) is 32.4 Å². The van der Waals surface area contributed by atoms with Gasteiger partial charge in [-0.3, -0.25) is 4.79 Å². The van der Waals surface area contributed by atoms with E-state index in [9.17, 15) is 13.2 Å². The Morgan fingerprint density at radius 1 is 1.38 bits per heavy atom. The molecule has 0 unspecified atom stereocenters. The Morgan fingerprint density at radius 3 is 2.43 bits per heavy atom. The highest BCUT2D eigenvalue weighted by Crippen LogP contribution is 2.28. The van der Waals surface area contributed by atoms with Crippen molar-refractivity contribution in [2.45, 2.75) is 32.1 Å². The Labute approximate surface area is 138 Å². The number of nitrogens with one attached hydrogen (secondary N) is 1. The molecule has 0 aliphatic carbocycles. The molecule has 0 radical (unpaired) electrons. The normalized spacial score (nSPS) is 12.3. The van der Waals surface area contributed by atoms with Crippen molar-refractivity contribution in [2.24, 2.45) is 10.6 Å². The second kappa shape index (κ2) is 6.64. The zero-order valence-electron chi connectivity index (χ0n) is 12.0. The standard InChI is InChI=1S/C13H18BrClN2O3S/c1-13(2,3)4-5-17-12(18)8-6-11(21(16,19)20)9(14)7-10(8)15/h6-7H,4-5H2,1-3H3,(H,17,18)(H2,16,19,20). The minimum Gasteiger partial charge on any atom is -0.352 e. The maximum atomic E-state index is 12.1. The fourth-order valence-corrected chi connectivity index (χ4v) is 3.58. The molecule has 5 nitrogen and oxygen atoms in total. The summed E-state index contributed by atoms with van der Waals surface area (Å²) in [6.07, 6.45) is 0.787. The molecule has 0 aliphatic heterocycles. The van der Waals surface area contributed by atoms with Crippen LogP contribution in [0.15, 0.2) is 21.5 Å². The Bertz CT molecular complexity index is 654. The molecule has 0 fully saturated rings. The molecule has 0 saturated carbocycles. The van der Waals surface area contributed by atoms with Gasteiger partial charge in [0, 0.05) is 11.0 Å². The second-order valence-electron chi connectivity index (χ2n) is 5.87. The molecular formula is C13H18BrClN2O3S. The lowest BCUT2D eigenvalue weighted by Crippen LogP contribution is -2.28. The molecule has 0 aliphatic rings. The highest BCUT2D eigenvalue weighted by atomic mass is 79.9. The molecule has 0 aromatic heterocycles. The number of carbonyl (C=O) groups is 1. The zero-order valence-corrected chi connectivity index (χ0v) is 15.2. The van der Waals surface area contributed by atoms with Gasteiger partial charge < -0.3 is 5.32 Å². The first-order valence-corrected chi connectivity index (χ1v) is 8.93. The van der Waals surface area contributed by atoms with Crippen molar-refractivity contribution in [1.82, 2.24) is 5.32 Å². The number of benzene rings is 1. The van der Waals surface area contributed by atoms with Crippen LogP contribution in [0, 0.1) is 5.41 Å². The summed E-state index contributed by atoms with van der Waals surface area (Å²) in [7, 11) is -3.94. The number of halogens is 2. The van der Waals surface area contributed by atoms with Crippen LogP contribution in [0.25, 0.3) is 0 Å². The van der Waals surface area contributed by atoms with E-state index in [0.29, 0.717) is 6.54 Å². The fraction of sp³-hybridized carbons (Fsp3) is 0.462. The van der Waals surface area contributed by atoms with Crippen LogP contribution in [0.5, 0.6) is 0 Å². The lowest BCUT2D eigenvalue weighted by Gasteiger charge is -2.18. The number of hydrogen-bond donors (Lipinski definition) is 2. The smallest absolute Gasteiger partial charge is 0.252 e. The van der Waals surface area contributed by atoms with Gasteiger partial charge in [-0.05, 0) is 39.9 Å². The van der Waals surface area contributed by atoms with Gasteiger partial charge in [-0.15, -0.1) is 0 Å². The van der Waals surface area contributed by atoms with E-state index < -0.39 is 15.9 Å². The third kappa shape index (κ3) is 5.58. The molecule has 8 heteroatoms. The molecule has 118 valence electrons. The summed E-state index contributed by atoms with van der Waals surface area (Å²) < 4.78 is 23.1. The van der Waals surface area contributed by atoms with Crippen molar-refractivity contribution in [2.75, 3.05) is 6.54 Å². The number of sulfonamides is 1. The number of primary sulfonamides is 1. The van der Waals surface area contributed by atoms with Crippen molar-refractivity contribution in [3.05, 3.63) is 27.2 Å². The minimum absolute atomic E-state index is 0.0813. The van der Waals surface area contributed by atoms with E-state index in [1.807, 2.05) is 0 Å². The number of amides is 1. The summed E-state index contributed by atoms with van der Waals surface area (Å²) in [5.74, 6) is -0.429. The molecule has 0 saturated heterocycles. The van der Waals surface area contributed by atoms with Gasteiger partial charge in [0.05, 0.1) is 15.5 Å². The SMILES string of the molecule is CC(C)(C)CCNC(=O)c1cc(S(N)(=O)=O)c(Br)cc1Cl. The van der Waals surface area contributed by atoms with E-state index in [-0.39, 0.29) is 25.4 Å². The quantitative estimate of drug-likeness (QED) is 0.818. The Balaban J connectivity index is 3.00. The lowest BCUT2D eigenvalue weighted by atomic mass is 9.92. The number of rotatable bonds is 4. The average molecular weight is 398 g/mol. The summed E-state index contributed by atoms with van der Waals surface area (Å²) in [5.41, 5.74) is 0.167. The molecule has 0 atom stereocenters. The zero-order chi connectivity index (χ0) is 16.4. The first-order valence-electron chi connectivity index (χ1n) is 6.22. The molecule has 1 aromatic carbocycles. The number of nitrogens with two attached hydrogens (primary N) is 1. The van der Waals surface area contributed by atoms with Gasteiger partial charge in [0.2, 0.25) is 10.0 Å². The lowest BCUT2D eigenvalue weighted by molar-refractivity contribution is 0.0949.